The van der Waals surface area contributed by atoms with Crippen LogP contribution in [0.1, 0.15) is 26.7 Å². The fourth-order valence-corrected chi connectivity index (χ4v) is 6.24. The first-order chi connectivity index (χ1) is 16.7. The van der Waals surface area contributed by atoms with E-state index in [1.165, 1.54) is 4.90 Å². The van der Waals surface area contributed by atoms with Gasteiger partial charge in [0.15, 0.2) is 0 Å². The Hall–Kier alpha value is -2.94. The Morgan fingerprint density at radius 3 is 2.37 bits per heavy atom. The van der Waals surface area contributed by atoms with Crippen molar-refractivity contribution in [2.24, 2.45) is 11.8 Å². The van der Waals surface area contributed by atoms with Gasteiger partial charge in [0.05, 0.1) is 30.1 Å². The molecule has 184 valence electrons. The van der Waals surface area contributed by atoms with E-state index < -0.39 is 41.0 Å². The van der Waals surface area contributed by atoms with Crippen LogP contribution in [-0.2, 0) is 19.1 Å². The monoisotopic (exact) mass is 497 g/mol. The first-order valence-electron chi connectivity index (χ1n) is 11.8. The quantitative estimate of drug-likeness (QED) is 0.568. The minimum atomic E-state index is -1.16. The second-order valence-corrected chi connectivity index (χ2v) is 10.3. The molecule has 2 aromatic rings. The Labute approximate surface area is 208 Å². The van der Waals surface area contributed by atoms with Crippen LogP contribution in [0.3, 0.4) is 0 Å². The molecule has 3 heterocycles. The Morgan fingerprint density at radius 2 is 1.71 bits per heavy atom. The van der Waals surface area contributed by atoms with Crippen molar-refractivity contribution in [2.75, 3.05) is 17.2 Å². The van der Waals surface area contributed by atoms with E-state index in [0.29, 0.717) is 29.2 Å². The molecule has 2 unspecified atom stereocenters. The molecule has 8 nitrogen and oxygen atoms in total. The van der Waals surface area contributed by atoms with Gasteiger partial charge >= 0.3 is 0 Å². The summed E-state index contributed by atoms with van der Waals surface area (Å²) in [5.74, 6) is -2.68. The van der Waals surface area contributed by atoms with Crippen LogP contribution in [0.15, 0.2) is 54.6 Å². The van der Waals surface area contributed by atoms with Crippen molar-refractivity contribution in [1.29, 1.82) is 0 Å². The van der Waals surface area contributed by atoms with Crippen molar-refractivity contribution in [2.45, 2.75) is 50.0 Å². The number of para-hydroxylation sites is 1. The van der Waals surface area contributed by atoms with Crippen LogP contribution in [0.25, 0.3) is 0 Å². The summed E-state index contributed by atoms with van der Waals surface area (Å²) in [7, 11) is 0. The highest BCUT2D eigenvalue weighted by Gasteiger charge is 2.78. The zero-order chi connectivity index (χ0) is 25.0. The first kappa shape index (κ1) is 23.8. The standard InChI is InChI=1S/C26H28ClN3O5/c1-15(14-31)30-21(23(33)29-18-10-8-16(27)9-11-18)26-13-12-25(2,35-26)19(20(26)24(30)34)22(32)28-17-6-4-3-5-7-17/h3-11,15,19-21,31H,12-14H2,1-2H3,(H,28,32)(H,29,33)/t15-,19+,20+,21?,25-,26?/m1/s1. The molecular formula is C26H28ClN3O5. The Morgan fingerprint density at radius 1 is 1.09 bits per heavy atom. The number of hydrogen-bond acceptors (Lipinski definition) is 5. The average Bonchev–Trinajstić information content (AvgIpc) is 3.41. The van der Waals surface area contributed by atoms with Crippen molar-refractivity contribution in [3.63, 3.8) is 0 Å². The summed E-state index contributed by atoms with van der Waals surface area (Å²) in [4.78, 5) is 42.4. The number of fused-ring (bicyclic) bond motifs is 1. The van der Waals surface area contributed by atoms with Gasteiger partial charge in [0.2, 0.25) is 17.7 Å². The molecule has 0 aromatic heterocycles. The zero-order valence-electron chi connectivity index (χ0n) is 19.5. The molecule has 1 spiro atoms. The molecule has 2 aromatic carbocycles. The molecule has 0 radical (unpaired) electrons. The first-order valence-corrected chi connectivity index (χ1v) is 12.1. The number of aliphatic hydroxyl groups excluding tert-OH is 1. The normalized spacial score (nSPS) is 31.8. The highest BCUT2D eigenvalue weighted by molar-refractivity contribution is 6.30. The molecule has 3 aliphatic heterocycles. The van der Waals surface area contributed by atoms with Crippen molar-refractivity contribution in [3.8, 4) is 0 Å². The number of anilines is 2. The van der Waals surface area contributed by atoms with Crippen LogP contribution in [0.2, 0.25) is 5.02 Å². The number of nitrogens with zero attached hydrogens (tertiary/aromatic N) is 1. The molecule has 0 saturated carbocycles. The summed E-state index contributed by atoms with van der Waals surface area (Å²) in [6.45, 7) is 3.21. The van der Waals surface area contributed by atoms with Crippen molar-refractivity contribution in [1.82, 2.24) is 4.90 Å². The molecule has 3 aliphatic rings. The SMILES string of the molecule is C[C@H](CO)N1C(=O)[C@@H]2[C@@H](C(=O)Nc3ccccc3)[C@@]3(C)CCC2(O3)C1C(=O)Nc1ccc(Cl)cc1. The van der Waals surface area contributed by atoms with E-state index in [2.05, 4.69) is 10.6 Å². The van der Waals surface area contributed by atoms with Gasteiger partial charge in [-0.3, -0.25) is 14.4 Å². The fraction of sp³-hybridized carbons (Fsp3) is 0.423. The summed E-state index contributed by atoms with van der Waals surface area (Å²) >= 11 is 5.97. The molecule has 2 bridgehead atoms. The van der Waals surface area contributed by atoms with Gasteiger partial charge in [0.25, 0.3) is 0 Å². The molecule has 3 fully saturated rings. The van der Waals surface area contributed by atoms with Crippen molar-refractivity contribution in [3.05, 3.63) is 59.6 Å². The van der Waals surface area contributed by atoms with Crippen LogP contribution < -0.4 is 10.6 Å². The lowest BCUT2D eigenvalue weighted by Crippen LogP contribution is -2.55. The lowest BCUT2D eigenvalue weighted by Gasteiger charge is -2.35. The topological polar surface area (TPSA) is 108 Å². The minimum Gasteiger partial charge on any atom is -0.394 e. The molecule has 3 saturated heterocycles. The summed E-state index contributed by atoms with van der Waals surface area (Å²) in [5, 5.41) is 16.2. The van der Waals surface area contributed by atoms with E-state index in [1.807, 2.05) is 25.1 Å². The predicted molar refractivity (Wildman–Crippen MR) is 131 cm³/mol. The molecule has 9 heteroatoms. The van der Waals surface area contributed by atoms with Crippen LogP contribution >= 0.6 is 11.6 Å². The number of aliphatic hydroxyl groups is 1. The average molecular weight is 498 g/mol. The number of ether oxygens (including phenoxy) is 1. The van der Waals surface area contributed by atoms with Crippen LogP contribution in [-0.4, -0.2) is 57.6 Å². The van der Waals surface area contributed by atoms with Gasteiger partial charge in [-0.05, 0) is 63.1 Å². The van der Waals surface area contributed by atoms with Gasteiger partial charge in [0, 0.05) is 16.4 Å². The molecule has 5 rings (SSSR count). The molecule has 35 heavy (non-hydrogen) atoms. The van der Waals surface area contributed by atoms with Crippen LogP contribution in [0.4, 0.5) is 11.4 Å². The second kappa shape index (κ2) is 8.62. The third kappa shape index (κ3) is 3.71. The van der Waals surface area contributed by atoms with Crippen molar-refractivity contribution >= 4 is 40.7 Å². The summed E-state index contributed by atoms with van der Waals surface area (Å²) in [6, 6.07) is 14.1. The third-order valence-electron chi connectivity index (χ3n) is 7.64. The molecule has 3 N–H and O–H groups in total. The Bertz CT molecular complexity index is 1160. The minimum absolute atomic E-state index is 0.311. The molecule has 0 aliphatic carbocycles. The molecule has 6 atom stereocenters. The number of halogens is 1. The van der Waals surface area contributed by atoms with E-state index in [1.54, 1.807) is 43.3 Å². The van der Waals surface area contributed by atoms with Crippen molar-refractivity contribution < 1.29 is 24.2 Å². The number of nitrogens with one attached hydrogen (secondary N) is 2. The van der Waals surface area contributed by atoms with E-state index in [9.17, 15) is 19.5 Å². The van der Waals surface area contributed by atoms with Gasteiger partial charge < -0.3 is 25.4 Å². The Kier molecular flexibility index (Phi) is 5.86. The largest absolute Gasteiger partial charge is 0.394 e. The van der Waals surface area contributed by atoms with Gasteiger partial charge in [-0.25, -0.2) is 0 Å². The molecule has 3 amide bonds. The number of benzene rings is 2. The Balaban J connectivity index is 1.51. The number of carbonyl (C=O) groups is 3. The molecular weight excluding hydrogens is 470 g/mol. The van der Waals surface area contributed by atoms with E-state index in [4.69, 9.17) is 16.3 Å². The number of hydrogen-bond donors (Lipinski definition) is 3. The smallest absolute Gasteiger partial charge is 0.250 e. The van der Waals surface area contributed by atoms with Gasteiger partial charge in [-0.15, -0.1) is 0 Å². The van der Waals surface area contributed by atoms with Gasteiger partial charge in [0.1, 0.15) is 11.6 Å². The maximum absolute atomic E-state index is 13.9. The highest BCUT2D eigenvalue weighted by Crippen LogP contribution is 2.63. The van der Waals surface area contributed by atoms with E-state index >= 15 is 0 Å². The number of amides is 3. The lowest BCUT2D eigenvalue weighted by molar-refractivity contribution is -0.146. The second-order valence-electron chi connectivity index (χ2n) is 9.86. The zero-order valence-corrected chi connectivity index (χ0v) is 20.3. The van der Waals surface area contributed by atoms with Gasteiger partial charge in [-0.2, -0.15) is 0 Å². The van der Waals surface area contributed by atoms with E-state index in [-0.39, 0.29) is 18.4 Å². The highest BCUT2D eigenvalue weighted by atomic mass is 35.5. The lowest BCUT2D eigenvalue weighted by atomic mass is 9.66. The third-order valence-corrected chi connectivity index (χ3v) is 7.89. The number of carbonyl (C=O) groups excluding carboxylic acids is 3. The number of rotatable bonds is 6. The van der Waals surface area contributed by atoms with Crippen LogP contribution in [0, 0.1) is 11.8 Å². The van der Waals surface area contributed by atoms with E-state index in [0.717, 1.165) is 0 Å². The summed E-state index contributed by atoms with van der Waals surface area (Å²) in [5.41, 5.74) is -0.891. The van der Waals surface area contributed by atoms with Gasteiger partial charge in [-0.1, -0.05) is 29.8 Å². The maximum atomic E-state index is 13.9. The predicted octanol–water partition coefficient (Wildman–Crippen LogP) is 3.06. The summed E-state index contributed by atoms with van der Waals surface area (Å²) in [6.07, 6.45) is 0.998. The maximum Gasteiger partial charge on any atom is 0.250 e. The van der Waals surface area contributed by atoms with Crippen LogP contribution in [0.5, 0.6) is 0 Å². The fourth-order valence-electron chi connectivity index (χ4n) is 6.11. The number of likely N-dealkylation sites (tertiary alicyclic amines) is 1. The summed E-state index contributed by atoms with van der Waals surface area (Å²) < 4.78 is 6.54.